The fourth-order valence-corrected chi connectivity index (χ4v) is 2.52. The second kappa shape index (κ2) is 5.07. The molecule has 0 aromatic carbocycles. The summed E-state index contributed by atoms with van der Waals surface area (Å²) in [4.78, 5) is 4.54. The van der Waals surface area contributed by atoms with E-state index in [1.165, 1.54) is 19.3 Å². The first-order valence-electron chi connectivity index (χ1n) is 6.74. The predicted molar refractivity (Wildman–Crippen MR) is 74.1 cm³/mol. The van der Waals surface area contributed by atoms with Crippen molar-refractivity contribution >= 4 is 0 Å². The number of hydrogen-bond donors (Lipinski definition) is 1. The second-order valence-electron chi connectivity index (χ2n) is 5.17. The summed E-state index contributed by atoms with van der Waals surface area (Å²) in [5, 5.41) is 3.67. The molecule has 1 aromatic rings. The van der Waals surface area contributed by atoms with Crippen molar-refractivity contribution in [1.82, 2.24) is 10.3 Å². The molecule has 1 N–H and O–H groups in total. The van der Waals surface area contributed by atoms with Crippen molar-refractivity contribution in [2.24, 2.45) is 0 Å². The Bertz CT molecular complexity index is 445. The Morgan fingerprint density at radius 1 is 1.22 bits per heavy atom. The van der Waals surface area contributed by atoms with Crippen LogP contribution in [0.2, 0.25) is 0 Å². The highest BCUT2D eigenvalue weighted by Gasteiger charge is 2.32. The van der Waals surface area contributed by atoms with E-state index in [9.17, 15) is 0 Å². The molecule has 2 aliphatic carbocycles. The molecule has 1 saturated carbocycles. The van der Waals surface area contributed by atoms with Crippen LogP contribution in [-0.4, -0.2) is 17.6 Å². The molecule has 1 atom stereocenters. The lowest BCUT2D eigenvalue weighted by Gasteiger charge is -2.35. The summed E-state index contributed by atoms with van der Waals surface area (Å²) in [6.45, 7) is 0.940. The normalized spacial score (nSPS) is 27.1. The molecular weight excluding hydrogens is 220 g/mol. The van der Waals surface area contributed by atoms with Crippen LogP contribution in [0.5, 0.6) is 0 Å². The van der Waals surface area contributed by atoms with Gasteiger partial charge in [0.1, 0.15) is 0 Å². The minimum absolute atomic E-state index is 0.0778. The van der Waals surface area contributed by atoms with Crippen LogP contribution in [0.1, 0.15) is 25.0 Å². The molecule has 0 aliphatic heterocycles. The monoisotopic (exact) mass is 239 g/mol. The van der Waals surface area contributed by atoms with Crippen LogP contribution in [-0.2, 0) is 5.41 Å². The van der Waals surface area contributed by atoms with Gasteiger partial charge in [-0.3, -0.25) is 4.98 Å². The number of aromatic nitrogens is 1. The Hall–Kier alpha value is -1.41. The minimum Gasteiger partial charge on any atom is -0.313 e. The van der Waals surface area contributed by atoms with Gasteiger partial charge < -0.3 is 5.32 Å². The van der Waals surface area contributed by atoms with Crippen LogP contribution in [0.25, 0.3) is 0 Å². The van der Waals surface area contributed by atoms with Gasteiger partial charge in [-0.25, -0.2) is 0 Å². The summed E-state index contributed by atoms with van der Waals surface area (Å²) in [6, 6.07) is 6.85. The third-order valence-corrected chi connectivity index (χ3v) is 3.94. The first-order chi connectivity index (χ1) is 8.89. The van der Waals surface area contributed by atoms with Crippen LogP contribution in [0.4, 0.5) is 0 Å². The lowest BCUT2D eigenvalue weighted by atomic mass is 9.77. The van der Waals surface area contributed by atoms with Gasteiger partial charge in [0.05, 0.1) is 11.1 Å². The number of hydrogen-bond acceptors (Lipinski definition) is 2. The van der Waals surface area contributed by atoms with Gasteiger partial charge in [0.25, 0.3) is 0 Å². The summed E-state index contributed by atoms with van der Waals surface area (Å²) < 4.78 is 0. The molecule has 18 heavy (non-hydrogen) atoms. The zero-order valence-corrected chi connectivity index (χ0v) is 10.5. The Balaban J connectivity index is 1.79. The maximum Gasteiger partial charge on any atom is 0.0522 e. The van der Waals surface area contributed by atoms with Crippen LogP contribution >= 0.6 is 0 Å². The van der Waals surface area contributed by atoms with E-state index in [1.54, 1.807) is 0 Å². The minimum atomic E-state index is -0.0778. The van der Waals surface area contributed by atoms with Crippen molar-refractivity contribution in [3.63, 3.8) is 0 Å². The lowest BCUT2D eigenvalue weighted by molar-refractivity contribution is 0.323. The average Bonchev–Trinajstić information content (AvgIpc) is 2.39. The topological polar surface area (TPSA) is 24.9 Å². The first kappa shape index (κ1) is 11.7. The molecular formula is C16H19N2. The molecule has 2 aliphatic rings. The molecule has 3 rings (SSSR count). The third kappa shape index (κ3) is 2.25. The zero-order valence-electron chi connectivity index (χ0n) is 10.5. The quantitative estimate of drug-likeness (QED) is 0.874. The van der Waals surface area contributed by atoms with Crippen molar-refractivity contribution < 1.29 is 0 Å². The van der Waals surface area contributed by atoms with E-state index < -0.39 is 0 Å². The molecule has 0 amide bonds. The molecule has 2 heteroatoms. The highest BCUT2D eigenvalue weighted by atomic mass is 14.9. The molecule has 2 nitrogen and oxygen atoms in total. The van der Waals surface area contributed by atoms with Gasteiger partial charge in [-0.1, -0.05) is 36.8 Å². The van der Waals surface area contributed by atoms with E-state index in [2.05, 4.69) is 53.2 Å². The second-order valence-corrected chi connectivity index (χ2v) is 5.17. The predicted octanol–water partition coefficient (Wildman–Crippen LogP) is 2.79. The standard InChI is InChI=1S/C16H19N2/c1-3-10-16(11-4-1,13-18-14-7-6-8-14)15-9-2-5-12-17-15/h1-5,9-12,14,18H,6-8,13H2. The van der Waals surface area contributed by atoms with Gasteiger partial charge in [0, 0.05) is 25.2 Å². The fourth-order valence-electron chi connectivity index (χ4n) is 2.52. The molecule has 0 saturated heterocycles. The Morgan fingerprint density at radius 2 is 2.17 bits per heavy atom. The van der Waals surface area contributed by atoms with E-state index in [0.29, 0.717) is 6.04 Å². The molecule has 1 unspecified atom stereocenters. The van der Waals surface area contributed by atoms with Crippen molar-refractivity contribution in [3.05, 3.63) is 60.8 Å². The Kier molecular flexibility index (Phi) is 3.28. The van der Waals surface area contributed by atoms with Gasteiger partial charge >= 0.3 is 0 Å². The van der Waals surface area contributed by atoms with Gasteiger partial charge in [-0.15, -0.1) is 0 Å². The van der Waals surface area contributed by atoms with Gasteiger partial charge in [-0.2, -0.15) is 0 Å². The highest BCUT2D eigenvalue weighted by Crippen LogP contribution is 2.31. The number of rotatable bonds is 4. The number of nitrogens with zero attached hydrogens (tertiary/aromatic N) is 1. The van der Waals surface area contributed by atoms with E-state index in [1.807, 2.05) is 12.3 Å². The van der Waals surface area contributed by atoms with E-state index in [4.69, 9.17) is 0 Å². The maximum atomic E-state index is 4.54. The van der Waals surface area contributed by atoms with Gasteiger partial charge in [0.15, 0.2) is 0 Å². The average molecular weight is 239 g/mol. The van der Waals surface area contributed by atoms with Crippen LogP contribution in [0, 0.1) is 6.42 Å². The molecule has 1 heterocycles. The van der Waals surface area contributed by atoms with Crippen molar-refractivity contribution in [2.45, 2.75) is 30.7 Å². The fraction of sp³-hybridized carbons (Fsp3) is 0.375. The van der Waals surface area contributed by atoms with Gasteiger partial charge in [0.2, 0.25) is 0 Å². The Morgan fingerprint density at radius 3 is 2.78 bits per heavy atom. The molecule has 0 spiro atoms. The SMILES string of the molecule is [CH]1C=CC=CC1(CNC1CCC1)c1ccccn1. The third-order valence-electron chi connectivity index (χ3n) is 3.94. The zero-order chi connectivity index (χ0) is 12.3. The number of pyridine rings is 1. The van der Waals surface area contributed by atoms with Crippen molar-refractivity contribution in [1.29, 1.82) is 0 Å². The molecule has 0 bridgehead atoms. The largest absolute Gasteiger partial charge is 0.313 e. The number of nitrogens with one attached hydrogen (secondary N) is 1. The highest BCUT2D eigenvalue weighted by molar-refractivity contribution is 5.38. The first-order valence-corrected chi connectivity index (χ1v) is 6.74. The van der Waals surface area contributed by atoms with Crippen LogP contribution < -0.4 is 5.32 Å². The van der Waals surface area contributed by atoms with Crippen LogP contribution in [0.3, 0.4) is 0 Å². The summed E-state index contributed by atoms with van der Waals surface area (Å²) in [5.74, 6) is 0. The van der Waals surface area contributed by atoms with Crippen LogP contribution in [0.15, 0.2) is 48.7 Å². The van der Waals surface area contributed by atoms with Crippen molar-refractivity contribution in [2.75, 3.05) is 6.54 Å². The molecule has 1 fully saturated rings. The van der Waals surface area contributed by atoms with Gasteiger partial charge in [-0.05, 0) is 25.0 Å². The van der Waals surface area contributed by atoms with E-state index >= 15 is 0 Å². The smallest absolute Gasteiger partial charge is 0.0522 e. The molecule has 93 valence electrons. The van der Waals surface area contributed by atoms with Crippen molar-refractivity contribution in [3.8, 4) is 0 Å². The maximum absolute atomic E-state index is 4.54. The summed E-state index contributed by atoms with van der Waals surface area (Å²) in [7, 11) is 0. The number of allylic oxidation sites excluding steroid dienone is 3. The van der Waals surface area contributed by atoms with E-state index in [0.717, 1.165) is 12.2 Å². The summed E-state index contributed by atoms with van der Waals surface area (Å²) >= 11 is 0. The molecule has 1 radical (unpaired) electrons. The Labute approximate surface area is 109 Å². The summed E-state index contributed by atoms with van der Waals surface area (Å²) in [5.41, 5.74) is 1.04. The molecule has 1 aromatic heterocycles. The summed E-state index contributed by atoms with van der Waals surface area (Å²) in [6.07, 6.45) is 16.7. The van der Waals surface area contributed by atoms with E-state index in [-0.39, 0.29) is 5.41 Å². The lowest BCUT2D eigenvalue weighted by Crippen LogP contribution is -2.45.